The molecule has 1 atom stereocenters. The summed E-state index contributed by atoms with van der Waals surface area (Å²) in [5, 5.41) is 13.8. The van der Waals surface area contributed by atoms with E-state index in [9.17, 15) is 14.7 Å². The smallest absolute Gasteiger partial charge is 0.336 e. The van der Waals surface area contributed by atoms with E-state index in [0.29, 0.717) is 38.3 Å². The van der Waals surface area contributed by atoms with Crippen LogP contribution in [0.25, 0.3) is 0 Å². The molecule has 0 fully saturated rings. The van der Waals surface area contributed by atoms with Crippen LogP contribution in [0.3, 0.4) is 0 Å². The number of carbonyl (C=O) groups is 2. The zero-order chi connectivity index (χ0) is 22.7. The van der Waals surface area contributed by atoms with Gasteiger partial charge in [-0.1, -0.05) is 47.5 Å². The fourth-order valence-corrected chi connectivity index (χ4v) is 4.15. The topological polar surface area (TPSA) is 84.9 Å². The van der Waals surface area contributed by atoms with E-state index in [4.69, 9.17) is 32.7 Å². The Morgan fingerprint density at radius 3 is 2.23 bits per heavy atom. The van der Waals surface area contributed by atoms with Crippen molar-refractivity contribution in [1.29, 1.82) is 0 Å². The van der Waals surface area contributed by atoms with Gasteiger partial charge in [0.1, 0.15) is 12.4 Å². The Labute approximate surface area is 190 Å². The van der Waals surface area contributed by atoms with Gasteiger partial charge in [-0.15, -0.1) is 0 Å². The molecule has 2 aromatic carbocycles. The molecule has 1 aliphatic rings. The molecule has 162 valence electrons. The molecule has 0 bridgehead atoms. The maximum absolute atomic E-state index is 12.6. The molecule has 0 aromatic heterocycles. The summed E-state index contributed by atoms with van der Waals surface area (Å²) in [5.41, 5.74) is 2.32. The number of aliphatic carboxylic acids is 1. The molecule has 2 N–H and O–H groups in total. The van der Waals surface area contributed by atoms with Crippen LogP contribution in [0.5, 0.6) is 5.75 Å². The molecule has 0 saturated heterocycles. The molecular formula is C23H21Cl2NO5. The number of carboxylic acid groups (broad SMARTS) is 1. The number of para-hydroxylation sites is 1. The molecule has 0 saturated carbocycles. The van der Waals surface area contributed by atoms with Gasteiger partial charge in [-0.2, -0.15) is 0 Å². The Balaban J connectivity index is 2.10. The summed E-state index contributed by atoms with van der Waals surface area (Å²) in [4.78, 5) is 24.7. The number of hydrogen-bond donors (Lipinski definition) is 2. The van der Waals surface area contributed by atoms with E-state index in [1.165, 1.54) is 7.11 Å². The number of methoxy groups -OCH3 is 1. The van der Waals surface area contributed by atoms with Gasteiger partial charge in [0.2, 0.25) is 0 Å². The second-order valence-electron chi connectivity index (χ2n) is 6.96. The third kappa shape index (κ3) is 4.55. The molecule has 6 nitrogen and oxygen atoms in total. The van der Waals surface area contributed by atoms with Crippen LogP contribution in [-0.4, -0.2) is 24.2 Å². The first kappa shape index (κ1) is 22.7. The average Bonchev–Trinajstić information content (AvgIpc) is 2.72. The number of ether oxygens (including phenoxy) is 2. The molecule has 1 aliphatic heterocycles. The maximum Gasteiger partial charge on any atom is 0.336 e. The van der Waals surface area contributed by atoms with Gasteiger partial charge in [-0.3, -0.25) is 0 Å². The molecular weight excluding hydrogens is 441 g/mol. The van der Waals surface area contributed by atoms with Gasteiger partial charge < -0.3 is 19.9 Å². The molecule has 8 heteroatoms. The fraction of sp³-hybridized carbons (Fsp3) is 0.217. The van der Waals surface area contributed by atoms with E-state index in [-0.39, 0.29) is 17.8 Å². The van der Waals surface area contributed by atoms with Crippen molar-refractivity contribution in [2.75, 3.05) is 7.11 Å². The average molecular weight is 462 g/mol. The van der Waals surface area contributed by atoms with Crippen LogP contribution in [-0.2, 0) is 20.9 Å². The third-order valence-electron chi connectivity index (χ3n) is 5.06. The predicted octanol–water partition coefficient (Wildman–Crippen LogP) is 5.06. The predicted molar refractivity (Wildman–Crippen MR) is 118 cm³/mol. The normalized spacial score (nSPS) is 16.1. The van der Waals surface area contributed by atoms with Gasteiger partial charge in [-0.05, 0) is 32.0 Å². The fourth-order valence-electron chi connectivity index (χ4n) is 3.64. The van der Waals surface area contributed by atoms with Crippen LogP contribution < -0.4 is 10.1 Å². The number of dihydropyridines is 1. The SMILES string of the molecule is COC(=O)C1=C(C)NC(C)=C(C(=O)O)C1c1ccccc1OCc1c(Cl)cccc1Cl. The summed E-state index contributed by atoms with van der Waals surface area (Å²) in [6.45, 7) is 3.43. The molecule has 0 spiro atoms. The summed E-state index contributed by atoms with van der Waals surface area (Å²) in [6, 6.07) is 12.1. The minimum absolute atomic E-state index is 0.0397. The lowest BCUT2D eigenvalue weighted by Crippen LogP contribution is -2.31. The highest BCUT2D eigenvalue weighted by Crippen LogP contribution is 2.42. The van der Waals surface area contributed by atoms with Crippen LogP contribution in [0.15, 0.2) is 65.0 Å². The number of benzene rings is 2. The van der Waals surface area contributed by atoms with E-state index in [2.05, 4.69) is 5.32 Å². The van der Waals surface area contributed by atoms with Gasteiger partial charge in [0.05, 0.1) is 24.2 Å². The zero-order valence-electron chi connectivity index (χ0n) is 17.2. The van der Waals surface area contributed by atoms with Crippen molar-refractivity contribution in [3.05, 3.63) is 86.2 Å². The van der Waals surface area contributed by atoms with Crippen LogP contribution in [0.1, 0.15) is 30.9 Å². The van der Waals surface area contributed by atoms with E-state index in [0.717, 1.165) is 0 Å². The lowest BCUT2D eigenvalue weighted by Gasteiger charge is -2.30. The molecule has 0 amide bonds. The number of carboxylic acids is 1. The van der Waals surface area contributed by atoms with Crippen molar-refractivity contribution in [2.45, 2.75) is 26.4 Å². The van der Waals surface area contributed by atoms with Crippen molar-refractivity contribution in [3.8, 4) is 5.75 Å². The van der Waals surface area contributed by atoms with Crippen molar-refractivity contribution >= 4 is 35.1 Å². The summed E-state index contributed by atoms with van der Waals surface area (Å²) < 4.78 is 11.0. The van der Waals surface area contributed by atoms with Crippen LogP contribution in [0.2, 0.25) is 10.0 Å². The number of nitrogens with one attached hydrogen (secondary N) is 1. The number of hydrogen-bond acceptors (Lipinski definition) is 5. The van der Waals surface area contributed by atoms with Gasteiger partial charge >= 0.3 is 11.9 Å². The quantitative estimate of drug-likeness (QED) is 0.584. The monoisotopic (exact) mass is 461 g/mol. The highest BCUT2D eigenvalue weighted by Gasteiger charge is 2.38. The Kier molecular flexibility index (Phi) is 6.93. The highest BCUT2D eigenvalue weighted by molar-refractivity contribution is 6.35. The first-order valence-corrected chi connectivity index (χ1v) is 10.2. The standard InChI is InChI=1S/C23H21Cl2NO5/c1-12-19(22(27)28)21(20(13(2)26-12)23(29)30-3)14-7-4-5-10-18(14)31-11-15-16(24)8-6-9-17(15)25/h4-10,21,26H,11H2,1-3H3,(H,27,28). The number of allylic oxidation sites excluding steroid dienone is 2. The minimum Gasteiger partial charge on any atom is -0.488 e. The lowest BCUT2D eigenvalue weighted by atomic mass is 9.80. The van der Waals surface area contributed by atoms with Gasteiger partial charge in [0.15, 0.2) is 0 Å². The number of carbonyl (C=O) groups excluding carboxylic acids is 1. The molecule has 3 rings (SSSR count). The number of rotatable bonds is 6. The van der Waals surface area contributed by atoms with E-state index >= 15 is 0 Å². The third-order valence-corrected chi connectivity index (χ3v) is 5.77. The molecule has 31 heavy (non-hydrogen) atoms. The van der Waals surface area contributed by atoms with Crippen molar-refractivity contribution in [3.63, 3.8) is 0 Å². The summed E-state index contributed by atoms with van der Waals surface area (Å²) >= 11 is 12.5. The summed E-state index contributed by atoms with van der Waals surface area (Å²) in [6.07, 6.45) is 0. The first-order chi connectivity index (χ1) is 14.8. The Morgan fingerprint density at radius 2 is 1.61 bits per heavy atom. The van der Waals surface area contributed by atoms with Crippen LogP contribution >= 0.6 is 23.2 Å². The Morgan fingerprint density at radius 1 is 1.00 bits per heavy atom. The van der Waals surface area contributed by atoms with E-state index in [1.54, 1.807) is 56.3 Å². The Hall–Kier alpha value is -2.96. The highest BCUT2D eigenvalue weighted by atomic mass is 35.5. The number of halogens is 2. The largest absolute Gasteiger partial charge is 0.488 e. The molecule has 0 aliphatic carbocycles. The van der Waals surface area contributed by atoms with Gasteiger partial charge in [0, 0.05) is 32.6 Å². The van der Waals surface area contributed by atoms with Crippen molar-refractivity contribution in [2.24, 2.45) is 0 Å². The molecule has 2 aromatic rings. The van der Waals surface area contributed by atoms with E-state index < -0.39 is 17.9 Å². The second kappa shape index (κ2) is 9.45. The van der Waals surface area contributed by atoms with Crippen molar-refractivity contribution in [1.82, 2.24) is 5.32 Å². The van der Waals surface area contributed by atoms with E-state index in [1.807, 2.05) is 0 Å². The first-order valence-electron chi connectivity index (χ1n) is 9.41. The minimum atomic E-state index is -1.15. The van der Waals surface area contributed by atoms with Gasteiger partial charge in [-0.25, -0.2) is 9.59 Å². The van der Waals surface area contributed by atoms with Crippen LogP contribution in [0.4, 0.5) is 0 Å². The molecule has 1 unspecified atom stereocenters. The zero-order valence-corrected chi connectivity index (χ0v) is 18.7. The van der Waals surface area contributed by atoms with Crippen LogP contribution in [0, 0.1) is 0 Å². The number of esters is 1. The molecule has 1 heterocycles. The second-order valence-corrected chi connectivity index (χ2v) is 7.77. The van der Waals surface area contributed by atoms with Gasteiger partial charge in [0.25, 0.3) is 0 Å². The molecule has 0 radical (unpaired) electrons. The summed E-state index contributed by atoms with van der Waals surface area (Å²) in [7, 11) is 1.26. The van der Waals surface area contributed by atoms with Crippen molar-refractivity contribution < 1.29 is 24.2 Å². The maximum atomic E-state index is 12.6. The Bertz CT molecular complexity index is 1090. The lowest BCUT2D eigenvalue weighted by molar-refractivity contribution is -0.136. The summed E-state index contributed by atoms with van der Waals surface area (Å²) in [5.74, 6) is -2.24.